The number of aromatic nitrogens is 1. The summed E-state index contributed by atoms with van der Waals surface area (Å²) in [6.45, 7) is 6.48. The first-order chi connectivity index (χ1) is 7.64. The second-order valence-electron chi connectivity index (χ2n) is 4.92. The van der Waals surface area contributed by atoms with Gasteiger partial charge in [0.05, 0.1) is 0 Å². The maximum Gasteiger partial charge on any atom is 0.0271 e. The number of alkyl halides is 1. The van der Waals surface area contributed by atoms with Crippen LogP contribution < -0.4 is 5.32 Å². The zero-order valence-electron chi connectivity index (χ0n) is 10.2. The van der Waals surface area contributed by atoms with E-state index in [9.17, 15) is 0 Å². The van der Waals surface area contributed by atoms with Gasteiger partial charge in [0.25, 0.3) is 0 Å². The Bertz CT molecular complexity index is 285. The Hall–Kier alpha value is -0.600. The Balaban J connectivity index is 2.24. The molecule has 90 valence electrons. The first-order valence-electron chi connectivity index (χ1n) is 5.80. The molecule has 1 N–H and O–H groups in total. The number of nitrogens with one attached hydrogen (secondary N) is 1. The zero-order chi connectivity index (χ0) is 11.9. The molecule has 0 saturated heterocycles. The molecule has 1 aromatic heterocycles. The second-order valence-corrected chi connectivity index (χ2v) is 5.29. The van der Waals surface area contributed by atoms with Gasteiger partial charge in [-0.05, 0) is 36.0 Å². The molecule has 16 heavy (non-hydrogen) atoms. The van der Waals surface area contributed by atoms with E-state index in [1.165, 1.54) is 12.0 Å². The molecule has 0 aliphatic carbocycles. The molecule has 0 aliphatic rings. The van der Waals surface area contributed by atoms with Crippen molar-refractivity contribution < 1.29 is 0 Å². The number of hydrogen-bond acceptors (Lipinski definition) is 2. The van der Waals surface area contributed by atoms with Crippen molar-refractivity contribution in [1.29, 1.82) is 0 Å². The molecule has 0 bridgehead atoms. The molecule has 0 unspecified atom stereocenters. The summed E-state index contributed by atoms with van der Waals surface area (Å²) in [7, 11) is 0. The van der Waals surface area contributed by atoms with Gasteiger partial charge in [-0.2, -0.15) is 0 Å². The van der Waals surface area contributed by atoms with Crippen LogP contribution in [0.3, 0.4) is 0 Å². The SMILES string of the molecule is CC(C)(CCCCl)CNCc1ccncc1. The molecule has 1 aromatic rings. The molecule has 0 aliphatic heterocycles. The summed E-state index contributed by atoms with van der Waals surface area (Å²) < 4.78 is 0. The van der Waals surface area contributed by atoms with E-state index in [1.54, 1.807) is 0 Å². The van der Waals surface area contributed by atoms with Crippen molar-refractivity contribution in [3.05, 3.63) is 30.1 Å². The summed E-state index contributed by atoms with van der Waals surface area (Å²) in [6, 6.07) is 4.08. The minimum absolute atomic E-state index is 0.321. The van der Waals surface area contributed by atoms with Gasteiger partial charge in [-0.3, -0.25) is 4.98 Å². The lowest BCUT2D eigenvalue weighted by molar-refractivity contribution is 0.311. The molecule has 0 spiro atoms. The summed E-state index contributed by atoms with van der Waals surface area (Å²) in [5.41, 5.74) is 1.60. The number of hydrogen-bond donors (Lipinski definition) is 1. The van der Waals surface area contributed by atoms with Crippen molar-refractivity contribution in [2.45, 2.75) is 33.2 Å². The quantitative estimate of drug-likeness (QED) is 0.741. The predicted octanol–water partition coefficient (Wildman–Crippen LogP) is 3.22. The molecule has 3 heteroatoms. The van der Waals surface area contributed by atoms with E-state index in [1.807, 2.05) is 24.5 Å². The zero-order valence-corrected chi connectivity index (χ0v) is 10.9. The largest absolute Gasteiger partial charge is 0.312 e. The smallest absolute Gasteiger partial charge is 0.0271 e. The van der Waals surface area contributed by atoms with Crippen LogP contribution in [0.1, 0.15) is 32.3 Å². The number of pyridine rings is 1. The lowest BCUT2D eigenvalue weighted by Crippen LogP contribution is -2.29. The molecule has 0 atom stereocenters. The van der Waals surface area contributed by atoms with Crippen molar-refractivity contribution in [3.8, 4) is 0 Å². The summed E-state index contributed by atoms with van der Waals surface area (Å²) in [4.78, 5) is 4.00. The minimum atomic E-state index is 0.321. The first-order valence-corrected chi connectivity index (χ1v) is 6.33. The van der Waals surface area contributed by atoms with Crippen LogP contribution in [0.4, 0.5) is 0 Å². The predicted molar refractivity (Wildman–Crippen MR) is 69.7 cm³/mol. The Morgan fingerprint density at radius 2 is 2.00 bits per heavy atom. The van der Waals surface area contributed by atoms with Crippen LogP contribution in [0.25, 0.3) is 0 Å². The highest BCUT2D eigenvalue weighted by atomic mass is 35.5. The molecule has 0 aromatic carbocycles. The Kier molecular flexibility index (Phi) is 5.78. The van der Waals surface area contributed by atoms with Crippen LogP contribution >= 0.6 is 11.6 Å². The van der Waals surface area contributed by atoms with Gasteiger partial charge in [0, 0.05) is 31.4 Å². The molecular formula is C13H21ClN2. The molecule has 1 rings (SSSR count). The van der Waals surface area contributed by atoms with Gasteiger partial charge in [0.1, 0.15) is 0 Å². The van der Waals surface area contributed by atoms with Gasteiger partial charge in [-0.25, -0.2) is 0 Å². The molecule has 1 heterocycles. The van der Waals surface area contributed by atoms with E-state index in [0.29, 0.717) is 5.41 Å². The van der Waals surface area contributed by atoms with E-state index in [-0.39, 0.29) is 0 Å². The van der Waals surface area contributed by atoms with Crippen LogP contribution in [-0.2, 0) is 6.54 Å². The van der Waals surface area contributed by atoms with Crippen LogP contribution in [0.2, 0.25) is 0 Å². The number of nitrogens with zero attached hydrogens (tertiary/aromatic N) is 1. The number of rotatable bonds is 7. The maximum atomic E-state index is 5.71. The molecule has 0 fully saturated rings. The van der Waals surface area contributed by atoms with Gasteiger partial charge in [-0.1, -0.05) is 13.8 Å². The van der Waals surface area contributed by atoms with Gasteiger partial charge < -0.3 is 5.32 Å². The third kappa shape index (κ3) is 5.47. The van der Waals surface area contributed by atoms with Crippen molar-refractivity contribution in [3.63, 3.8) is 0 Å². The first kappa shape index (κ1) is 13.5. The molecule has 0 saturated carbocycles. The van der Waals surface area contributed by atoms with Crippen molar-refractivity contribution in [2.24, 2.45) is 5.41 Å². The average molecular weight is 241 g/mol. The summed E-state index contributed by atoms with van der Waals surface area (Å²) in [5.74, 6) is 0.758. The van der Waals surface area contributed by atoms with Crippen molar-refractivity contribution >= 4 is 11.6 Å². The van der Waals surface area contributed by atoms with Gasteiger partial charge in [0.2, 0.25) is 0 Å². The third-order valence-corrected chi connectivity index (χ3v) is 2.94. The monoisotopic (exact) mass is 240 g/mol. The van der Waals surface area contributed by atoms with Gasteiger partial charge in [0.15, 0.2) is 0 Å². The van der Waals surface area contributed by atoms with E-state index in [2.05, 4.69) is 24.1 Å². The van der Waals surface area contributed by atoms with E-state index in [0.717, 1.165) is 25.4 Å². The lowest BCUT2D eigenvalue weighted by atomic mass is 9.88. The third-order valence-electron chi connectivity index (χ3n) is 2.67. The van der Waals surface area contributed by atoms with Crippen molar-refractivity contribution in [2.75, 3.05) is 12.4 Å². The fraction of sp³-hybridized carbons (Fsp3) is 0.615. The fourth-order valence-electron chi connectivity index (χ4n) is 1.68. The van der Waals surface area contributed by atoms with Gasteiger partial charge in [-0.15, -0.1) is 11.6 Å². The van der Waals surface area contributed by atoms with E-state index < -0.39 is 0 Å². The Labute approximate surface area is 103 Å². The highest BCUT2D eigenvalue weighted by Crippen LogP contribution is 2.21. The van der Waals surface area contributed by atoms with Crippen molar-refractivity contribution in [1.82, 2.24) is 10.3 Å². The van der Waals surface area contributed by atoms with Crippen LogP contribution in [-0.4, -0.2) is 17.4 Å². The lowest BCUT2D eigenvalue weighted by Gasteiger charge is -2.24. The van der Waals surface area contributed by atoms with Crippen LogP contribution in [0.15, 0.2) is 24.5 Å². The standard InChI is InChI=1S/C13H21ClN2/c1-13(2,6-3-7-14)11-16-10-12-4-8-15-9-5-12/h4-5,8-9,16H,3,6-7,10-11H2,1-2H3. The fourth-order valence-corrected chi connectivity index (χ4v) is 1.81. The molecular weight excluding hydrogens is 220 g/mol. The maximum absolute atomic E-state index is 5.71. The molecule has 2 nitrogen and oxygen atoms in total. The highest BCUT2D eigenvalue weighted by molar-refractivity contribution is 6.17. The minimum Gasteiger partial charge on any atom is -0.312 e. The normalized spacial score (nSPS) is 11.7. The Morgan fingerprint density at radius 1 is 1.31 bits per heavy atom. The highest BCUT2D eigenvalue weighted by Gasteiger charge is 2.16. The topological polar surface area (TPSA) is 24.9 Å². The Morgan fingerprint density at radius 3 is 2.62 bits per heavy atom. The molecule has 0 amide bonds. The van der Waals surface area contributed by atoms with E-state index in [4.69, 9.17) is 11.6 Å². The number of halogens is 1. The summed E-state index contributed by atoms with van der Waals surface area (Å²) in [6.07, 6.45) is 5.91. The van der Waals surface area contributed by atoms with Gasteiger partial charge >= 0.3 is 0 Å². The summed E-state index contributed by atoms with van der Waals surface area (Å²) >= 11 is 5.71. The van der Waals surface area contributed by atoms with Crippen LogP contribution in [0, 0.1) is 5.41 Å². The molecule has 0 radical (unpaired) electrons. The van der Waals surface area contributed by atoms with E-state index >= 15 is 0 Å². The van der Waals surface area contributed by atoms with Crippen LogP contribution in [0.5, 0.6) is 0 Å². The average Bonchev–Trinajstić information content (AvgIpc) is 2.28. The second kappa shape index (κ2) is 6.87. The summed E-state index contributed by atoms with van der Waals surface area (Å²) in [5, 5.41) is 3.48.